The van der Waals surface area contributed by atoms with Crippen molar-refractivity contribution in [2.24, 2.45) is 0 Å². The lowest BCUT2D eigenvalue weighted by Gasteiger charge is -2.52. The molecule has 2 aliphatic rings. The monoisotopic (exact) mass is 675 g/mol. The van der Waals surface area contributed by atoms with Crippen molar-refractivity contribution in [2.75, 3.05) is 33.8 Å². The van der Waals surface area contributed by atoms with Gasteiger partial charge in [0.2, 0.25) is 5.88 Å². The maximum Gasteiger partial charge on any atom is 0.215 e. The average Bonchev–Trinajstić information content (AvgIpc) is 3.64. The van der Waals surface area contributed by atoms with Gasteiger partial charge in [0.05, 0.1) is 29.9 Å². The summed E-state index contributed by atoms with van der Waals surface area (Å²) in [4.78, 5) is 18.3. The molecule has 13 heteroatoms. The molecule has 0 unspecified atom stereocenters. The minimum atomic E-state index is -1.15. The topological polar surface area (TPSA) is 110 Å². The third-order valence-electron chi connectivity index (χ3n) is 9.37. The molecule has 4 aromatic heterocycles. The summed E-state index contributed by atoms with van der Waals surface area (Å²) in [6.07, 6.45) is 11.7. The van der Waals surface area contributed by atoms with Crippen molar-refractivity contribution in [3.8, 4) is 23.2 Å². The van der Waals surface area contributed by atoms with E-state index < -0.39 is 8.07 Å². The van der Waals surface area contributed by atoms with Crippen LogP contribution in [0.5, 0.6) is 5.88 Å². The van der Waals surface area contributed by atoms with Gasteiger partial charge in [-0.2, -0.15) is 10.4 Å². The van der Waals surface area contributed by atoms with E-state index in [0.717, 1.165) is 85.8 Å². The SMILES string of the molecule is CN(C)Cc1cc(Cl)nc(OC2CCN([C@H]3C[C@](CC#N)(n4cc(-c5ncnc6c5ccn6COCC[Si](C)(C)C)cn4)C3)CC2)c1. The van der Waals surface area contributed by atoms with Crippen LogP contribution in [0.3, 0.4) is 0 Å². The maximum absolute atomic E-state index is 9.82. The first-order valence-corrected chi connectivity index (χ1v) is 20.6. The molecule has 0 atom stereocenters. The number of fused-ring (bicyclic) bond motifs is 1. The van der Waals surface area contributed by atoms with Crippen LogP contribution in [0.4, 0.5) is 0 Å². The van der Waals surface area contributed by atoms with Crippen LogP contribution in [0, 0.1) is 11.3 Å². The van der Waals surface area contributed by atoms with Crippen LogP contribution in [0.25, 0.3) is 22.3 Å². The highest BCUT2D eigenvalue weighted by molar-refractivity contribution is 6.76. The van der Waals surface area contributed by atoms with Gasteiger partial charge in [-0.15, -0.1) is 0 Å². The molecule has 2 fully saturated rings. The van der Waals surface area contributed by atoms with Crippen LogP contribution in [0.15, 0.2) is 43.1 Å². The minimum Gasteiger partial charge on any atom is -0.474 e. The summed E-state index contributed by atoms with van der Waals surface area (Å²) in [5.41, 5.74) is 3.39. The molecule has 47 heavy (non-hydrogen) atoms. The van der Waals surface area contributed by atoms with Crippen molar-refractivity contribution in [1.82, 2.24) is 39.1 Å². The van der Waals surface area contributed by atoms with Gasteiger partial charge >= 0.3 is 0 Å². The van der Waals surface area contributed by atoms with Crippen LogP contribution >= 0.6 is 11.6 Å². The Balaban J connectivity index is 1.07. The van der Waals surface area contributed by atoms with Gasteiger partial charge in [0.1, 0.15) is 30.0 Å². The summed E-state index contributed by atoms with van der Waals surface area (Å²) < 4.78 is 16.3. The first-order chi connectivity index (χ1) is 22.5. The fraction of sp³-hybridized carbons (Fsp3) is 0.559. The number of hydrogen-bond acceptors (Lipinski definition) is 9. The van der Waals surface area contributed by atoms with Crippen LogP contribution in [-0.4, -0.2) is 93.1 Å². The fourth-order valence-corrected chi connectivity index (χ4v) is 7.77. The summed E-state index contributed by atoms with van der Waals surface area (Å²) in [7, 11) is 2.92. The number of ether oxygens (including phenoxy) is 2. The number of hydrogen-bond donors (Lipinski definition) is 0. The highest BCUT2D eigenvalue weighted by atomic mass is 35.5. The molecule has 1 saturated heterocycles. The number of pyridine rings is 1. The summed E-state index contributed by atoms with van der Waals surface area (Å²) >= 11 is 6.28. The Labute approximate surface area is 283 Å². The fourth-order valence-electron chi connectivity index (χ4n) is 6.79. The van der Waals surface area contributed by atoms with E-state index in [9.17, 15) is 5.26 Å². The molecule has 1 aliphatic heterocycles. The van der Waals surface area contributed by atoms with Crippen LogP contribution in [0.1, 0.15) is 37.7 Å². The van der Waals surface area contributed by atoms with Gasteiger partial charge in [0, 0.05) is 69.8 Å². The van der Waals surface area contributed by atoms with E-state index >= 15 is 0 Å². The maximum atomic E-state index is 9.82. The molecule has 11 nitrogen and oxygen atoms in total. The Morgan fingerprint density at radius 3 is 2.66 bits per heavy atom. The number of halogens is 1. The van der Waals surface area contributed by atoms with Gasteiger partial charge in [-0.25, -0.2) is 15.0 Å². The minimum absolute atomic E-state index is 0.110. The van der Waals surface area contributed by atoms with Gasteiger partial charge in [-0.1, -0.05) is 31.2 Å². The molecule has 250 valence electrons. The van der Waals surface area contributed by atoms with Crippen LogP contribution < -0.4 is 4.74 Å². The van der Waals surface area contributed by atoms with Crippen LogP contribution in [-0.2, 0) is 23.6 Å². The smallest absolute Gasteiger partial charge is 0.215 e. The Hall–Kier alpha value is -3.34. The molecular weight excluding hydrogens is 630 g/mol. The zero-order valence-corrected chi connectivity index (χ0v) is 29.9. The third-order valence-corrected chi connectivity index (χ3v) is 11.3. The predicted octanol–water partition coefficient (Wildman–Crippen LogP) is 6.03. The molecule has 1 saturated carbocycles. The second-order valence-corrected chi connectivity index (χ2v) is 20.6. The Morgan fingerprint density at radius 1 is 1.15 bits per heavy atom. The molecule has 0 aromatic carbocycles. The molecule has 4 aromatic rings. The molecule has 0 amide bonds. The summed E-state index contributed by atoms with van der Waals surface area (Å²) in [5, 5.41) is 16.0. The van der Waals surface area contributed by atoms with E-state index in [0.29, 0.717) is 30.2 Å². The molecule has 0 N–H and O–H groups in total. The van der Waals surface area contributed by atoms with Crippen LogP contribution in [0.2, 0.25) is 30.8 Å². The number of piperidine rings is 1. The Bertz CT molecular complexity index is 1710. The van der Waals surface area contributed by atoms with E-state index in [4.69, 9.17) is 26.2 Å². The molecular formula is C34H46ClN9O2Si. The van der Waals surface area contributed by atoms with Crippen molar-refractivity contribution in [2.45, 2.75) is 88.7 Å². The third kappa shape index (κ3) is 7.87. The number of rotatable bonds is 13. The van der Waals surface area contributed by atoms with Crippen molar-refractivity contribution in [3.05, 3.63) is 53.8 Å². The quantitative estimate of drug-likeness (QED) is 0.0953. The molecule has 0 bridgehead atoms. The lowest BCUT2D eigenvalue weighted by molar-refractivity contribution is -0.0212. The summed E-state index contributed by atoms with van der Waals surface area (Å²) in [6, 6.07) is 9.91. The van der Waals surface area contributed by atoms with Crippen molar-refractivity contribution in [3.63, 3.8) is 0 Å². The first kappa shape index (κ1) is 33.6. The molecule has 1 aliphatic carbocycles. The second kappa shape index (κ2) is 14.0. The van der Waals surface area contributed by atoms with Crippen molar-refractivity contribution >= 4 is 30.7 Å². The largest absolute Gasteiger partial charge is 0.474 e. The number of nitriles is 1. The lowest BCUT2D eigenvalue weighted by atomic mass is 9.69. The van der Waals surface area contributed by atoms with Gasteiger partial charge in [-0.3, -0.25) is 9.58 Å². The van der Waals surface area contributed by atoms with E-state index in [1.165, 1.54) is 0 Å². The lowest BCUT2D eigenvalue weighted by Crippen LogP contribution is -2.58. The highest BCUT2D eigenvalue weighted by Gasteiger charge is 2.49. The van der Waals surface area contributed by atoms with Gasteiger partial charge in [0.15, 0.2) is 0 Å². The normalized spacial score (nSPS) is 20.9. The second-order valence-electron chi connectivity index (χ2n) is 14.6. The average molecular weight is 676 g/mol. The van der Waals surface area contributed by atoms with Gasteiger partial charge in [0.25, 0.3) is 0 Å². The van der Waals surface area contributed by atoms with Gasteiger partial charge < -0.3 is 18.9 Å². The summed E-state index contributed by atoms with van der Waals surface area (Å²) in [5.74, 6) is 0.599. The van der Waals surface area contributed by atoms with E-state index in [1.807, 2.05) is 53.9 Å². The predicted molar refractivity (Wildman–Crippen MR) is 186 cm³/mol. The van der Waals surface area contributed by atoms with Crippen molar-refractivity contribution in [1.29, 1.82) is 5.26 Å². The number of aromatic nitrogens is 6. The summed E-state index contributed by atoms with van der Waals surface area (Å²) in [6.45, 7) is 11.0. The highest BCUT2D eigenvalue weighted by Crippen LogP contribution is 2.45. The van der Waals surface area contributed by atoms with E-state index in [-0.39, 0.29) is 11.6 Å². The first-order valence-electron chi connectivity index (χ1n) is 16.5. The molecule has 5 heterocycles. The zero-order chi connectivity index (χ0) is 33.2. The number of likely N-dealkylation sites (tertiary alicyclic amines) is 1. The Kier molecular flexibility index (Phi) is 10.0. The zero-order valence-electron chi connectivity index (χ0n) is 28.2. The molecule has 0 spiro atoms. The number of nitrogens with zero attached hydrogens (tertiary/aromatic N) is 9. The molecule has 0 radical (unpaired) electrons. The van der Waals surface area contributed by atoms with E-state index in [2.05, 4.69) is 56.7 Å². The van der Waals surface area contributed by atoms with Crippen molar-refractivity contribution < 1.29 is 9.47 Å². The Morgan fingerprint density at radius 2 is 1.94 bits per heavy atom. The van der Waals surface area contributed by atoms with Gasteiger partial charge in [-0.05, 0) is 63.5 Å². The van der Waals surface area contributed by atoms with E-state index in [1.54, 1.807) is 6.33 Å². The molecule has 6 rings (SSSR count). The standard InChI is InChI=1S/C34H46ClN9O2Si/c1-41(2)21-25-16-30(35)40-31(17-25)46-28-6-11-42(12-7-28)27-18-34(19-27,9-10-36)44-22-26(20-39-44)32-29-8-13-43(33(29)38-23-37-32)24-45-14-15-47(3,4)5/h8,13,16-17,20,22-23,27-28H,6-7,9,11-12,14-15,18-19,21,24H2,1-5H3/t27-,34-.